The second-order valence-electron chi connectivity index (χ2n) is 6.50. The second-order valence-corrected chi connectivity index (χ2v) is 7.94. The molecule has 1 radical (unpaired) electrons. The Balaban J connectivity index is 1.75. The van der Waals surface area contributed by atoms with Gasteiger partial charge < -0.3 is 14.2 Å². The van der Waals surface area contributed by atoms with Crippen molar-refractivity contribution in [1.82, 2.24) is 15.0 Å². The molecule has 0 aliphatic carbocycles. The van der Waals surface area contributed by atoms with Crippen molar-refractivity contribution < 1.29 is 14.2 Å². The molecule has 1 aliphatic rings. The number of benzene rings is 2. The van der Waals surface area contributed by atoms with Crippen LogP contribution in [-0.2, 0) is 0 Å². The molecule has 4 aromatic rings. The Bertz CT molecular complexity index is 1240. The number of aryl methyl sites for hydroxylation is 1. The van der Waals surface area contributed by atoms with E-state index in [4.69, 9.17) is 30.8 Å². The Labute approximate surface area is 170 Å². The number of hydrogen-bond acceptors (Lipinski definition) is 7. The van der Waals surface area contributed by atoms with Crippen molar-refractivity contribution in [2.24, 2.45) is 0 Å². The van der Waals surface area contributed by atoms with Gasteiger partial charge in [0.25, 0.3) is 0 Å². The van der Waals surface area contributed by atoms with Crippen LogP contribution in [0.3, 0.4) is 0 Å². The molecule has 3 heterocycles. The summed E-state index contributed by atoms with van der Waals surface area (Å²) < 4.78 is 17.9. The first-order valence-electron chi connectivity index (χ1n) is 8.61. The molecule has 28 heavy (non-hydrogen) atoms. The monoisotopic (exact) mass is 412 g/mol. The quantitative estimate of drug-likeness (QED) is 0.469. The van der Waals surface area contributed by atoms with Crippen LogP contribution in [0.25, 0.3) is 31.8 Å². The summed E-state index contributed by atoms with van der Waals surface area (Å²) in [4.78, 5) is 13.8. The third-order valence-corrected chi connectivity index (χ3v) is 5.82. The fourth-order valence-corrected chi connectivity index (χ4v) is 4.61. The van der Waals surface area contributed by atoms with Crippen LogP contribution in [0.2, 0.25) is 5.02 Å². The van der Waals surface area contributed by atoms with Crippen LogP contribution >= 0.6 is 22.9 Å². The standard InChI is InChI=1S/C20H15ClN3O3S/c1-9-4-14-18(26-8-10(2)27-14)19-16(9)24-20(28-19)12-5-11(21)6-13-17(12)22-7-15(23-13)25-3/h4-7,10H,2,8H2,1,3H3. The van der Waals surface area contributed by atoms with Crippen LogP contribution in [0.1, 0.15) is 5.56 Å². The molecule has 0 spiro atoms. The van der Waals surface area contributed by atoms with Crippen molar-refractivity contribution in [3.63, 3.8) is 0 Å². The SMILES string of the molecule is [CH2]C1COc2c(cc(C)c3nc(-c4cc(Cl)cc5nc(OC)cnc45)sc23)O1. The zero-order valence-electron chi connectivity index (χ0n) is 15.2. The topological polar surface area (TPSA) is 66.4 Å². The number of rotatable bonds is 2. The van der Waals surface area contributed by atoms with E-state index in [1.807, 2.05) is 19.1 Å². The lowest BCUT2D eigenvalue weighted by atomic mass is 10.1. The molecule has 5 rings (SSSR count). The predicted octanol–water partition coefficient (Wildman–Crippen LogP) is 4.85. The van der Waals surface area contributed by atoms with E-state index >= 15 is 0 Å². The van der Waals surface area contributed by atoms with Gasteiger partial charge in [-0.2, -0.15) is 0 Å². The number of methoxy groups -OCH3 is 1. The van der Waals surface area contributed by atoms with E-state index in [0.717, 1.165) is 26.4 Å². The zero-order valence-corrected chi connectivity index (χ0v) is 16.7. The van der Waals surface area contributed by atoms with Gasteiger partial charge in [-0.05, 0) is 37.6 Å². The van der Waals surface area contributed by atoms with Crippen LogP contribution < -0.4 is 14.2 Å². The summed E-state index contributed by atoms with van der Waals surface area (Å²) in [5.41, 5.74) is 4.07. The Morgan fingerprint density at radius 1 is 1.25 bits per heavy atom. The fourth-order valence-electron chi connectivity index (χ4n) is 3.25. The first-order valence-corrected chi connectivity index (χ1v) is 9.80. The van der Waals surface area contributed by atoms with Gasteiger partial charge in [0.1, 0.15) is 22.4 Å². The van der Waals surface area contributed by atoms with Gasteiger partial charge in [0.15, 0.2) is 11.5 Å². The minimum atomic E-state index is -0.223. The van der Waals surface area contributed by atoms with Crippen LogP contribution in [0.4, 0.5) is 0 Å². The predicted molar refractivity (Wildman–Crippen MR) is 110 cm³/mol. The van der Waals surface area contributed by atoms with Gasteiger partial charge in [-0.3, -0.25) is 0 Å². The number of ether oxygens (including phenoxy) is 3. The normalized spacial score (nSPS) is 15.9. The van der Waals surface area contributed by atoms with Crippen molar-refractivity contribution in [1.29, 1.82) is 0 Å². The number of nitrogens with zero attached hydrogens (tertiary/aromatic N) is 3. The van der Waals surface area contributed by atoms with E-state index in [1.165, 1.54) is 11.3 Å². The van der Waals surface area contributed by atoms with Crippen LogP contribution in [0.5, 0.6) is 17.4 Å². The molecule has 0 N–H and O–H groups in total. The lowest BCUT2D eigenvalue weighted by molar-refractivity contribution is 0.123. The van der Waals surface area contributed by atoms with E-state index in [9.17, 15) is 0 Å². The Kier molecular flexibility index (Phi) is 4.03. The van der Waals surface area contributed by atoms with Gasteiger partial charge in [0, 0.05) is 10.6 Å². The molecule has 0 bridgehead atoms. The van der Waals surface area contributed by atoms with Crippen molar-refractivity contribution in [2.45, 2.75) is 13.0 Å². The highest BCUT2D eigenvalue weighted by atomic mass is 35.5. The molecule has 1 aliphatic heterocycles. The molecule has 1 unspecified atom stereocenters. The Morgan fingerprint density at radius 2 is 2.11 bits per heavy atom. The lowest BCUT2D eigenvalue weighted by Gasteiger charge is -2.24. The first kappa shape index (κ1) is 17.5. The zero-order chi connectivity index (χ0) is 19.4. The number of thiazole rings is 1. The summed E-state index contributed by atoms with van der Waals surface area (Å²) in [6.07, 6.45) is 1.37. The van der Waals surface area contributed by atoms with Crippen molar-refractivity contribution in [3.05, 3.63) is 41.9 Å². The van der Waals surface area contributed by atoms with Crippen LogP contribution in [-0.4, -0.2) is 34.8 Å². The van der Waals surface area contributed by atoms with E-state index < -0.39 is 0 Å². The highest BCUT2D eigenvalue weighted by Gasteiger charge is 2.24. The summed E-state index contributed by atoms with van der Waals surface area (Å²) in [5.74, 6) is 1.85. The second kappa shape index (κ2) is 6.46. The molecule has 0 amide bonds. The molecule has 0 saturated heterocycles. The van der Waals surface area contributed by atoms with E-state index in [2.05, 4.69) is 16.9 Å². The molecule has 141 valence electrons. The average molecular weight is 413 g/mol. The Hall–Kier alpha value is -2.64. The van der Waals surface area contributed by atoms with Gasteiger partial charge in [-0.1, -0.05) is 11.6 Å². The lowest BCUT2D eigenvalue weighted by Crippen LogP contribution is -2.26. The van der Waals surface area contributed by atoms with Crippen molar-refractivity contribution in [3.8, 4) is 28.0 Å². The minimum Gasteiger partial charge on any atom is -0.484 e. The maximum atomic E-state index is 6.35. The molecule has 2 aromatic carbocycles. The van der Waals surface area contributed by atoms with Gasteiger partial charge >= 0.3 is 0 Å². The van der Waals surface area contributed by atoms with Crippen molar-refractivity contribution in [2.75, 3.05) is 13.7 Å². The largest absolute Gasteiger partial charge is 0.484 e. The number of fused-ring (bicyclic) bond motifs is 4. The summed E-state index contributed by atoms with van der Waals surface area (Å²) >= 11 is 7.87. The molecule has 6 nitrogen and oxygen atoms in total. The molecule has 2 aromatic heterocycles. The van der Waals surface area contributed by atoms with Gasteiger partial charge in [0.2, 0.25) is 5.88 Å². The molecule has 0 fully saturated rings. The number of hydrogen-bond donors (Lipinski definition) is 0. The molecular weight excluding hydrogens is 398 g/mol. The van der Waals surface area contributed by atoms with Crippen LogP contribution in [0.15, 0.2) is 24.4 Å². The first-order chi connectivity index (χ1) is 13.5. The maximum Gasteiger partial charge on any atom is 0.232 e. The molecular formula is C20H15ClN3O3S. The Morgan fingerprint density at radius 3 is 2.93 bits per heavy atom. The number of halogens is 1. The summed E-state index contributed by atoms with van der Waals surface area (Å²) in [6, 6.07) is 5.56. The summed E-state index contributed by atoms with van der Waals surface area (Å²) in [7, 11) is 1.55. The van der Waals surface area contributed by atoms with E-state index in [1.54, 1.807) is 19.4 Å². The summed E-state index contributed by atoms with van der Waals surface area (Å²) in [6.45, 7) is 6.33. The molecule has 1 atom stereocenters. The van der Waals surface area contributed by atoms with E-state index in [0.29, 0.717) is 40.0 Å². The summed E-state index contributed by atoms with van der Waals surface area (Å²) in [5, 5.41) is 1.35. The molecule has 8 heteroatoms. The maximum absolute atomic E-state index is 6.35. The third-order valence-electron chi connectivity index (χ3n) is 4.51. The smallest absolute Gasteiger partial charge is 0.232 e. The highest BCUT2D eigenvalue weighted by molar-refractivity contribution is 7.22. The number of aromatic nitrogens is 3. The van der Waals surface area contributed by atoms with Crippen molar-refractivity contribution >= 4 is 44.2 Å². The average Bonchev–Trinajstić information content (AvgIpc) is 3.12. The van der Waals surface area contributed by atoms with E-state index in [-0.39, 0.29) is 6.10 Å². The van der Waals surface area contributed by atoms with Gasteiger partial charge in [0.05, 0.1) is 29.9 Å². The molecule has 0 saturated carbocycles. The van der Waals surface area contributed by atoms with Crippen LogP contribution in [0, 0.1) is 13.8 Å². The highest BCUT2D eigenvalue weighted by Crippen LogP contribution is 2.46. The van der Waals surface area contributed by atoms with Gasteiger partial charge in [-0.25, -0.2) is 15.0 Å². The third kappa shape index (κ3) is 2.73. The fraction of sp³-hybridized carbons (Fsp3) is 0.200. The minimum absolute atomic E-state index is 0.223. The van der Waals surface area contributed by atoms with Gasteiger partial charge in [-0.15, -0.1) is 11.3 Å².